The minimum absolute atomic E-state index is 0.262. The molecule has 0 spiro atoms. The summed E-state index contributed by atoms with van der Waals surface area (Å²) in [6.07, 6.45) is -4.66. The number of benzene rings is 1. The Labute approximate surface area is 115 Å². The van der Waals surface area contributed by atoms with Crippen LogP contribution < -0.4 is 0 Å². The molecular weight excluding hydrogens is 291 g/mol. The van der Waals surface area contributed by atoms with Gasteiger partial charge in [0.05, 0.1) is 4.92 Å². The maximum absolute atomic E-state index is 13.4. The molecule has 1 aromatic rings. The van der Waals surface area contributed by atoms with Crippen molar-refractivity contribution in [3.63, 3.8) is 0 Å². The first kappa shape index (κ1) is 16.6. The molecule has 0 saturated heterocycles. The summed E-state index contributed by atoms with van der Waals surface area (Å²) in [6, 6.07) is 4.48. The molecule has 0 bridgehead atoms. The molecule has 20 heavy (non-hydrogen) atoms. The molecule has 0 saturated carbocycles. The lowest BCUT2D eigenvalue weighted by molar-refractivity contribution is -0.385. The van der Waals surface area contributed by atoms with Crippen LogP contribution >= 0.6 is 0 Å². The van der Waals surface area contributed by atoms with Crippen LogP contribution in [0.3, 0.4) is 0 Å². The summed E-state index contributed by atoms with van der Waals surface area (Å²) in [5, 5.41) is 10.7. The van der Waals surface area contributed by atoms with Crippen LogP contribution in [0.15, 0.2) is 24.3 Å². The molecule has 0 amide bonds. The summed E-state index contributed by atoms with van der Waals surface area (Å²) in [5.74, 6) is 0. The fourth-order valence-electron chi connectivity index (χ4n) is 1.81. The summed E-state index contributed by atoms with van der Waals surface area (Å²) < 4.78 is 45.4. The van der Waals surface area contributed by atoms with Crippen molar-refractivity contribution in [2.24, 2.45) is 0 Å². The van der Waals surface area contributed by atoms with E-state index in [4.69, 9.17) is 4.43 Å². The predicted octanol–water partition coefficient (Wildman–Crippen LogP) is 4.22. The molecule has 0 radical (unpaired) electrons. The number of nitro benzene ring substituents is 1. The van der Waals surface area contributed by atoms with E-state index in [1.54, 1.807) is 19.6 Å². The molecule has 0 heterocycles. The topological polar surface area (TPSA) is 52.4 Å². The molecule has 1 atom stereocenters. The van der Waals surface area contributed by atoms with Gasteiger partial charge in [-0.3, -0.25) is 10.1 Å². The summed E-state index contributed by atoms with van der Waals surface area (Å²) in [6.45, 7) is 5.81. The molecule has 0 aromatic heterocycles. The average Bonchev–Trinajstić information content (AvgIpc) is 2.25. The third-order valence-electron chi connectivity index (χ3n) is 2.66. The summed E-state index contributed by atoms with van der Waals surface area (Å²) >= 11 is 0. The summed E-state index contributed by atoms with van der Waals surface area (Å²) in [5.41, 5.74) is -3.21. The highest BCUT2D eigenvalue weighted by Crippen LogP contribution is 2.44. The average molecular weight is 307 g/mol. The number of halogens is 3. The predicted molar refractivity (Wildman–Crippen MR) is 70.9 cm³/mol. The van der Waals surface area contributed by atoms with Crippen molar-refractivity contribution in [1.82, 2.24) is 0 Å². The van der Waals surface area contributed by atoms with Crippen LogP contribution in [0.5, 0.6) is 0 Å². The molecule has 0 unspecified atom stereocenters. The van der Waals surface area contributed by atoms with Crippen LogP contribution in [0.4, 0.5) is 18.9 Å². The number of nitro groups is 1. The van der Waals surface area contributed by atoms with E-state index in [1.165, 1.54) is 12.1 Å². The quantitative estimate of drug-likeness (QED) is 0.475. The number of hydrogen-bond acceptors (Lipinski definition) is 3. The van der Waals surface area contributed by atoms with Crippen LogP contribution in [0.1, 0.15) is 12.5 Å². The lowest BCUT2D eigenvalue weighted by atomic mass is 9.95. The Hall–Kier alpha value is -1.41. The van der Waals surface area contributed by atoms with Crippen molar-refractivity contribution in [2.45, 2.75) is 38.3 Å². The third kappa shape index (κ3) is 3.57. The van der Waals surface area contributed by atoms with Crippen molar-refractivity contribution in [3.8, 4) is 0 Å². The van der Waals surface area contributed by atoms with E-state index >= 15 is 0 Å². The molecule has 0 aliphatic heterocycles. The standard InChI is InChI=1S/C12H16F3NO3Si/c1-11(12(13,14)15,19-20(2,3)4)9-6-5-7-10(8-9)16(17)18/h5-8H,1-4H3/t11-/m1/s1. The monoisotopic (exact) mass is 307 g/mol. The van der Waals surface area contributed by atoms with Crippen molar-refractivity contribution in [3.05, 3.63) is 39.9 Å². The number of rotatable bonds is 4. The second kappa shape index (κ2) is 5.17. The SMILES string of the molecule is C[C@@](O[Si](C)(C)C)(c1cccc([N+](=O)[O-])c1)C(F)(F)F. The number of hydrogen-bond donors (Lipinski definition) is 0. The van der Waals surface area contributed by atoms with Gasteiger partial charge in [0.25, 0.3) is 5.69 Å². The van der Waals surface area contributed by atoms with Crippen molar-refractivity contribution in [2.75, 3.05) is 0 Å². The zero-order valence-electron chi connectivity index (χ0n) is 11.6. The smallest absolute Gasteiger partial charge is 0.401 e. The lowest BCUT2D eigenvalue weighted by Gasteiger charge is -2.37. The highest BCUT2D eigenvalue weighted by Gasteiger charge is 2.55. The van der Waals surface area contributed by atoms with Gasteiger partial charge in [-0.2, -0.15) is 13.2 Å². The van der Waals surface area contributed by atoms with Crippen molar-refractivity contribution in [1.29, 1.82) is 0 Å². The Bertz CT molecular complexity index is 513. The van der Waals surface area contributed by atoms with Gasteiger partial charge < -0.3 is 4.43 Å². The molecule has 4 nitrogen and oxygen atoms in total. The maximum Gasteiger partial charge on any atom is 0.420 e. The van der Waals surface area contributed by atoms with E-state index in [0.29, 0.717) is 0 Å². The van der Waals surface area contributed by atoms with Crippen molar-refractivity contribution < 1.29 is 22.5 Å². The maximum atomic E-state index is 13.4. The fourth-order valence-corrected chi connectivity index (χ4v) is 3.27. The normalized spacial score (nSPS) is 15.8. The lowest BCUT2D eigenvalue weighted by Crippen LogP contribution is -2.48. The van der Waals surface area contributed by atoms with Crippen LogP contribution in [-0.4, -0.2) is 19.4 Å². The highest BCUT2D eigenvalue weighted by atomic mass is 28.4. The molecule has 8 heteroatoms. The minimum atomic E-state index is -4.66. The van der Waals surface area contributed by atoms with Crippen LogP contribution in [0.25, 0.3) is 0 Å². The van der Waals surface area contributed by atoms with Gasteiger partial charge in [-0.1, -0.05) is 12.1 Å². The second-order valence-electron chi connectivity index (χ2n) is 5.55. The highest BCUT2D eigenvalue weighted by molar-refractivity contribution is 6.69. The van der Waals surface area contributed by atoms with E-state index in [-0.39, 0.29) is 5.56 Å². The molecule has 1 rings (SSSR count). The Morgan fingerprint density at radius 1 is 1.25 bits per heavy atom. The summed E-state index contributed by atoms with van der Waals surface area (Å²) in [4.78, 5) is 9.98. The van der Waals surface area contributed by atoms with Gasteiger partial charge in [0.15, 0.2) is 13.9 Å². The Balaban J connectivity index is 3.39. The zero-order valence-corrected chi connectivity index (χ0v) is 12.6. The van der Waals surface area contributed by atoms with E-state index in [9.17, 15) is 23.3 Å². The molecule has 0 N–H and O–H groups in total. The first-order valence-electron chi connectivity index (χ1n) is 5.89. The first-order chi connectivity index (χ1) is 8.87. The van der Waals surface area contributed by atoms with Crippen molar-refractivity contribution >= 4 is 14.0 Å². The molecule has 112 valence electrons. The van der Waals surface area contributed by atoms with E-state index in [1.807, 2.05) is 0 Å². The summed E-state index contributed by atoms with van der Waals surface area (Å²) in [7, 11) is -2.52. The Kier molecular flexibility index (Phi) is 4.30. The van der Waals surface area contributed by atoms with Gasteiger partial charge in [-0.05, 0) is 32.1 Å². The van der Waals surface area contributed by atoms with Crippen LogP contribution in [0, 0.1) is 10.1 Å². The molecule has 0 aliphatic carbocycles. The van der Waals surface area contributed by atoms with Gasteiger partial charge in [-0.25, -0.2) is 0 Å². The molecule has 0 fully saturated rings. The van der Waals surface area contributed by atoms with Gasteiger partial charge in [0, 0.05) is 12.1 Å². The number of non-ortho nitro benzene ring substituents is 1. The third-order valence-corrected chi connectivity index (χ3v) is 3.68. The van der Waals surface area contributed by atoms with Crippen LogP contribution in [-0.2, 0) is 10.0 Å². The number of nitrogens with zero attached hydrogens (tertiary/aromatic N) is 1. The van der Waals surface area contributed by atoms with E-state index < -0.39 is 30.7 Å². The van der Waals surface area contributed by atoms with E-state index in [2.05, 4.69) is 0 Å². The zero-order chi connectivity index (χ0) is 15.8. The molecule has 0 aliphatic rings. The van der Waals surface area contributed by atoms with E-state index in [0.717, 1.165) is 19.1 Å². The largest absolute Gasteiger partial charge is 0.420 e. The first-order valence-corrected chi connectivity index (χ1v) is 9.29. The van der Waals surface area contributed by atoms with Gasteiger partial charge in [0.1, 0.15) is 0 Å². The minimum Gasteiger partial charge on any atom is -0.401 e. The fraction of sp³-hybridized carbons (Fsp3) is 0.500. The molecule has 1 aromatic carbocycles. The molecular formula is C12H16F3NO3Si. The Morgan fingerprint density at radius 2 is 1.80 bits per heavy atom. The van der Waals surface area contributed by atoms with Gasteiger partial charge in [-0.15, -0.1) is 0 Å². The second-order valence-corrected chi connectivity index (χ2v) is 9.98. The van der Waals surface area contributed by atoms with Gasteiger partial charge in [0.2, 0.25) is 0 Å². The Morgan fingerprint density at radius 3 is 2.20 bits per heavy atom. The van der Waals surface area contributed by atoms with Gasteiger partial charge >= 0.3 is 6.18 Å². The number of alkyl halides is 3. The van der Waals surface area contributed by atoms with Crippen LogP contribution in [0.2, 0.25) is 19.6 Å².